The Hall–Kier alpha value is -2.57. The number of methoxy groups -OCH3 is 2. The molecule has 0 bridgehead atoms. The minimum atomic E-state index is 0.634. The number of anilines is 1. The number of aryl methyl sites for hydroxylation is 2. The summed E-state index contributed by atoms with van der Waals surface area (Å²) in [5.74, 6) is 1.86. The van der Waals surface area contributed by atoms with Crippen molar-refractivity contribution in [3.8, 4) is 17.0 Å². The van der Waals surface area contributed by atoms with Crippen LogP contribution in [0.2, 0.25) is 0 Å². The average Bonchev–Trinajstić information content (AvgIpc) is 3.17. The van der Waals surface area contributed by atoms with Crippen LogP contribution in [0.25, 0.3) is 26.4 Å². The lowest BCUT2D eigenvalue weighted by atomic mass is 10.0. The van der Waals surface area contributed by atoms with Gasteiger partial charge in [-0.05, 0) is 37.6 Å². The van der Waals surface area contributed by atoms with Crippen molar-refractivity contribution in [3.63, 3.8) is 0 Å². The van der Waals surface area contributed by atoms with Crippen molar-refractivity contribution < 1.29 is 9.47 Å². The summed E-state index contributed by atoms with van der Waals surface area (Å²) in [6, 6.07) is 12.6. The Morgan fingerprint density at radius 2 is 1.96 bits per heavy atom. The fraction of sp³-hybridized carbons (Fsp3) is 0.286. The van der Waals surface area contributed by atoms with Crippen LogP contribution in [0.5, 0.6) is 5.75 Å². The van der Waals surface area contributed by atoms with Crippen LogP contribution in [0.3, 0.4) is 0 Å². The molecule has 2 heterocycles. The minimum Gasteiger partial charge on any atom is -0.497 e. The molecule has 0 aliphatic carbocycles. The molecule has 5 nitrogen and oxygen atoms in total. The van der Waals surface area contributed by atoms with Crippen molar-refractivity contribution >= 4 is 32.3 Å². The Bertz CT molecular complexity index is 1110. The second-order valence-corrected chi connectivity index (χ2v) is 7.61. The number of benzene rings is 2. The topological polar surface area (TPSA) is 47.8 Å². The van der Waals surface area contributed by atoms with Gasteiger partial charge in [0.15, 0.2) is 4.96 Å². The van der Waals surface area contributed by atoms with Gasteiger partial charge in [-0.3, -0.25) is 4.40 Å². The Kier molecular flexibility index (Phi) is 4.76. The number of ether oxygens (including phenoxy) is 2. The summed E-state index contributed by atoms with van der Waals surface area (Å²) in [5.41, 5.74) is 5.73. The fourth-order valence-electron chi connectivity index (χ4n) is 3.38. The summed E-state index contributed by atoms with van der Waals surface area (Å²) in [6.07, 6.45) is 0. The zero-order valence-electron chi connectivity index (χ0n) is 16.0. The van der Waals surface area contributed by atoms with Crippen molar-refractivity contribution in [1.82, 2.24) is 9.38 Å². The predicted octanol–water partition coefficient (Wildman–Crippen LogP) is 4.90. The molecule has 0 saturated carbocycles. The van der Waals surface area contributed by atoms with Gasteiger partial charge in [0.1, 0.15) is 17.3 Å². The second-order valence-electron chi connectivity index (χ2n) is 6.60. The number of thiazole rings is 1. The lowest BCUT2D eigenvalue weighted by molar-refractivity contribution is 0.210. The van der Waals surface area contributed by atoms with Crippen molar-refractivity contribution in [3.05, 3.63) is 47.5 Å². The molecule has 0 aliphatic rings. The maximum Gasteiger partial charge on any atom is 0.197 e. The van der Waals surface area contributed by atoms with E-state index in [4.69, 9.17) is 14.5 Å². The number of nitrogens with one attached hydrogen (secondary N) is 1. The standard InChI is InChI=1S/C21H23N3O2S/c1-13-5-7-16(14(2)11-13)19-20(22-9-10-25-3)24-17-8-6-15(26-4)12-18(17)27-21(24)23-19/h5-8,11-12,22H,9-10H2,1-4H3. The summed E-state index contributed by atoms with van der Waals surface area (Å²) in [7, 11) is 3.40. The van der Waals surface area contributed by atoms with E-state index in [1.54, 1.807) is 25.6 Å². The first-order valence-corrected chi connectivity index (χ1v) is 9.73. The van der Waals surface area contributed by atoms with Gasteiger partial charge < -0.3 is 14.8 Å². The normalized spacial score (nSPS) is 11.4. The van der Waals surface area contributed by atoms with Crippen molar-refractivity contribution in [2.75, 3.05) is 32.7 Å². The lowest BCUT2D eigenvalue weighted by Crippen LogP contribution is -2.10. The molecule has 0 fully saturated rings. The highest BCUT2D eigenvalue weighted by Gasteiger charge is 2.19. The van der Waals surface area contributed by atoms with E-state index in [1.165, 1.54) is 11.1 Å². The van der Waals surface area contributed by atoms with Crippen LogP contribution in [0, 0.1) is 13.8 Å². The van der Waals surface area contributed by atoms with E-state index in [0.717, 1.165) is 44.5 Å². The lowest BCUT2D eigenvalue weighted by Gasteiger charge is -2.11. The van der Waals surface area contributed by atoms with Crippen LogP contribution >= 0.6 is 11.3 Å². The number of fused-ring (bicyclic) bond motifs is 3. The van der Waals surface area contributed by atoms with Gasteiger partial charge >= 0.3 is 0 Å². The smallest absolute Gasteiger partial charge is 0.197 e. The van der Waals surface area contributed by atoms with Gasteiger partial charge in [0.25, 0.3) is 0 Å². The molecule has 1 N–H and O–H groups in total. The predicted molar refractivity (Wildman–Crippen MR) is 112 cm³/mol. The molecular weight excluding hydrogens is 358 g/mol. The van der Waals surface area contributed by atoms with Crippen LogP contribution in [-0.4, -0.2) is 36.8 Å². The van der Waals surface area contributed by atoms with E-state index < -0.39 is 0 Å². The maximum absolute atomic E-state index is 5.37. The van der Waals surface area contributed by atoms with Gasteiger partial charge in [0, 0.05) is 19.2 Å². The molecule has 2 aromatic carbocycles. The minimum absolute atomic E-state index is 0.634. The molecule has 4 aromatic rings. The first-order valence-electron chi connectivity index (χ1n) is 8.92. The van der Waals surface area contributed by atoms with E-state index >= 15 is 0 Å². The highest BCUT2D eigenvalue weighted by molar-refractivity contribution is 7.23. The molecule has 27 heavy (non-hydrogen) atoms. The number of hydrogen-bond acceptors (Lipinski definition) is 5. The molecule has 0 radical (unpaired) electrons. The molecule has 0 atom stereocenters. The van der Waals surface area contributed by atoms with Crippen molar-refractivity contribution in [2.45, 2.75) is 13.8 Å². The highest BCUT2D eigenvalue weighted by Crippen LogP contribution is 2.38. The molecule has 140 valence electrons. The van der Waals surface area contributed by atoms with Crippen LogP contribution in [-0.2, 0) is 4.74 Å². The van der Waals surface area contributed by atoms with Gasteiger partial charge in [0.05, 0.1) is 23.9 Å². The first-order chi connectivity index (χ1) is 13.1. The summed E-state index contributed by atoms with van der Waals surface area (Å²) >= 11 is 1.67. The SMILES string of the molecule is COCCNc1c(-c2ccc(C)cc2C)nc2sc3cc(OC)ccc3n12. The molecule has 0 unspecified atom stereocenters. The Morgan fingerprint density at radius 1 is 1.11 bits per heavy atom. The highest BCUT2D eigenvalue weighted by atomic mass is 32.1. The molecular formula is C21H23N3O2S. The van der Waals surface area contributed by atoms with E-state index in [1.807, 2.05) is 6.07 Å². The number of hydrogen-bond donors (Lipinski definition) is 1. The van der Waals surface area contributed by atoms with Crippen LogP contribution < -0.4 is 10.1 Å². The molecule has 0 aliphatic heterocycles. The van der Waals surface area contributed by atoms with E-state index in [-0.39, 0.29) is 0 Å². The third kappa shape index (κ3) is 3.15. The van der Waals surface area contributed by atoms with E-state index in [2.05, 4.69) is 53.9 Å². The zero-order chi connectivity index (χ0) is 19.0. The van der Waals surface area contributed by atoms with Crippen LogP contribution in [0.15, 0.2) is 36.4 Å². The molecule has 0 saturated heterocycles. The third-order valence-corrected chi connectivity index (χ3v) is 5.69. The first kappa shape index (κ1) is 17.8. The van der Waals surface area contributed by atoms with Gasteiger partial charge in [-0.1, -0.05) is 35.1 Å². The average molecular weight is 382 g/mol. The summed E-state index contributed by atoms with van der Waals surface area (Å²) in [5, 5.41) is 3.54. The van der Waals surface area contributed by atoms with Crippen LogP contribution in [0.4, 0.5) is 5.82 Å². The fourth-order valence-corrected chi connectivity index (χ4v) is 4.43. The van der Waals surface area contributed by atoms with Gasteiger partial charge in [0.2, 0.25) is 0 Å². The molecule has 0 amide bonds. The monoisotopic (exact) mass is 381 g/mol. The van der Waals surface area contributed by atoms with Gasteiger partial charge in [-0.15, -0.1) is 0 Å². The molecule has 0 spiro atoms. The molecule has 4 rings (SSSR count). The second kappa shape index (κ2) is 7.21. The van der Waals surface area contributed by atoms with Crippen LogP contribution in [0.1, 0.15) is 11.1 Å². The third-order valence-electron chi connectivity index (χ3n) is 4.69. The summed E-state index contributed by atoms with van der Waals surface area (Å²) in [4.78, 5) is 5.95. The van der Waals surface area contributed by atoms with Gasteiger partial charge in [-0.2, -0.15) is 0 Å². The number of aromatic nitrogens is 2. The largest absolute Gasteiger partial charge is 0.497 e. The molecule has 6 heteroatoms. The Labute approximate surface area is 162 Å². The van der Waals surface area contributed by atoms with E-state index in [0.29, 0.717) is 6.61 Å². The summed E-state index contributed by atoms with van der Waals surface area (Å²) in [6.45, 7) is 5.60. The Balaban J connectivity index is 1.93. The number of imidazole rings is 1. The summed E-state index contributed by atoms with van der Waals surface area (Å²) < 4.78 is 13.9. The zero-order valence-corrected chi connectivity index (χ0v) is 16.8. The maximum atomic E-state index is 5.37. The molecule has 2 aromatic heterocycles. The van der Waals surface area contributed by atoms with Crippen molar-refractivity contribution in [1.29, 1.82) is 0 Å². The Morgan fingerprint density at radius 3 is 2.70 bits per heavy atom. The van der Waals surface area contributed by atoms with E-state index in [9.17, 15) is 0 Å². The van der Waals surface area contributed by atoms with Gasteiger partial charge in [-0.25, -0.2) is 4.98 Å². The quantitative estimate of drug-likeness (QED) is 0.483. The van der Waals surface area contributed by atoms with Crippen molar-refractivity contribution in [2.24, 2.45) is 0 Å². The number of rotatable bonds is 6. The number of nitrogens with zero attached hydrogens (tertiary/aromatic N) is 2.